The van der Waals surface area contributed by atoms with Gasteiger partial charge in [0.2, 0.25) is 11.8 Å². The van der Waals surface area contributed by atoms with E-state index >= 15 is 0 Å². The van der Waals surface area contributed by atoms with Gasteiger partial charge in [-0.25, -0.2) is 0 Å². The Balaban J connectivity index is 0.000000194. The zero-order valence-electron chi connectivity index (χ0n) is 71.9. The van der Waals surface area contributed by atoms with Crippen LogP contribution in [-0.2, 0) is 91.1 Å². The molecule has 6 amide bonds. The zero-order chi connectivity index (χ0) is 88.2. The predicted octanol–water partition coefficient (Wildman–Crippen LogP) is 20.2. The van der Waals surface area contributed by atoms with E-state index in [2.05, 4.69) is 55.3 Å². The Bertz CT molecular complexity index is 6190. The number of thiol groups is 1. The normalized spacial score (nSPS) is 17.7. The molecule has 666 valence electrons. The first-order valence-corrected chi connectivity index (χ1v) is 47.2. The maximum Gasteiger partial charge on any atom is 0.270 e. The van der Waals surface area contributed by atoms with Crippen LogP contribution in [0.1, 0.15) is 195 Å². The fourth-order valence-corrected chi connectivity index (χ4v) is 22.2. The van der Waals surface area contributed by atoms with E-state index in [1.807, 2.05) is 194 Å². The van der Waals surface area contributed by atoms with Crippen molar-refractivity contribution >= 4 is 126 Å². The van der Waals surface area contributed by atoms with Gasteiger partial charge >= 0.3 is 0 Å². The lowest BCUT2D eigenvalue weighted by Gasteiger charge is -2.27. The molecule has 0 radical (unpaired) electrons. The minimum atomic E-state index is -4.56. The number of carbonyl (C=O) groups excluding carboxylic acids is 6. The molecule has 8 aliphatic rings. The highest BCUT2D eigenvalue weighted by Crippen LogP contribution is 2.47. The summed E-state index contributed by atoms with van der Waals surface area (Å²) in [7, 11) is 2.04. The SMILES string of the molecule is C.C.COc1cc2c(cc1OCc1cc(COc3cc4c(cc3C)C(=O)N3c5ccccc5C[C@H]3C(S(=O)(=O)O)C4)cc(NC(=O)CCC(C)(C)S)c1)CC[C@@H]1Cc3ccccc3N1C2=O.COc1cc2c(cc1OCc1cc(COc3cc4c(cc3C)C(=O)N3c5ccccc5C[C@H]3C=N4)cc(NC(=O)CCC(C)(C)SSC)c1)CC[C@@H]1Cc3ccccc3N1C2=O. The Labute approximate surface area is 762 Å². The first-order chi connectivity index (χ1) is 60.5. The molecule has 8 aliphatic heterocycles. The van der Waals surface area contributed by atoms with E-state index in [9.17, 15) is 41.7 Å². The number of carbonyl (C=O) groups is 6. The van der Waals surface area contributed by atoms with E-state index in [-0.39, 0.29) is 117 Å². The fourth-order valence-electron chi connectivity index (χ4n) is 18.8. The number of amides is 6. The van der Waals surface area contributed by atoms with Crippen LogP contribution in [0.2, 0.25) is 0 Å². The Morgan fingerprint density at radius 1 is 0.477 bits per heavy atom. The summed E-state index contributed by atoms with van der Waals surface area (Å²) < 4.78 is 73.4. The summed E-state index contributed by atoms with van der Waals surface area (Å²) in [5, 5.41) is 4.92. The topological polar surface area (TPSA) is 262 Å². The van der Waals surface area contributed by atoms with Crippen LogP contribution in [0.4, 0.5) is 39.8 Å². The third kappa shape index (κ3) is 19.1. The summed E-state index contributed by atoms with van der Waals surface area (Å²) in [6.45, 7) is 12.5. The second kappa shape index (κ2) is 37.6. The molecule has 0 fully saturated rings. The maximum atomic E-state index is 14.2. The Kier molecular flexibility index (Phi) is 26.8. The fraction of sp³-hybridized carbons (Fsp3) is 0.343. The molecular formula is C102H109N7O15S4. The van der Waals surface area contributed by atoms with Gasteiger partial charge in [0, 0.05) is 104 Å². The van der Waals surface area contributed by atoms with Crippen molar-refractivity contribution in [3.8, 4) is 34.5 Å². The summed E-state index contributed by atoms with van der Waals surface area (Å²) >= 11 is 4.59. The first kappa shape index (κ1) is 91.2. The van der Waals surface area contributed by atoms with Gasteiger partial charge in [-0.15, -0.1) is 0 Å². The molecule has 128 heavy (non-hydrogen) atoms. The van der Waals surface area contributed by atoms with Gasteiger partial charge in [-0.2, -0.15) is 21.0 Å². The van der Waals surface area contributed by atoms with Crippen LogP contribution in [-0.4, -0.2) is 114 Å². The van der Waals surface area contributed by atoms with E-state index in [0.29, 0.717) is 122 Å². The minimum absolute atomic E-state index is 0. The van der Waals surface area contributed by atoms with Crippen LogP contribution in [0.25, 0.3) is 0 Å². The number of nitrogens with one attached hydrogen (secondary N) is 2. The van der Waals surface area contributed by atoms with Gasteiger partial charge in [0.05, 0.1) is 37.6 Å². The molecule has 10 aromatic carbocycles. The molecule has 10 aromatic rings. The van der Waals surface area contributed by atoms with Crippen molar-refractivity contribution in [2.75, 3.05) is 50.7 Å². The standard InChI is InChI=1S/C50H50N4O6S2.C50H51N3O9S2.2CH4/c1-30-18-40-41(51-27-38-23-35-11-7-9-13-43(35)54(38)49(40)57)26-44(30)59-28-31-19-32(21-36(20-31)52-47(55)16-17-50(2,3)62-61-5)29-60-46-24-33-14-15-37-22-34-10-6-8-12-42(34)53(37)48(56)39(33)25-45(46)58-4;1-29-17-38-35(25-46(64(57,58)59)42-22-34-10-6-8-12-41(34)53(42)49(38)56)24-43(29)61-27-30-18-31(20-36(19-30)51-47(54)15-16-50(2,3)63)28-62-45-23-32-13-14-37-21-33-9-5-7-11-40(33)52(37)48(55)39(32)26-44(45)60-4;;/h6-13,18-21,24-27,37-38H,14-17,22-23,28-29H2,1-5H3,(H,52,55);5-12,17-20,23-24,26,37,42,46,63H,13-16,21-22,25,27-28H2,1-4H3,(H,51,54)(H,57,58,59);2*1H4/t37-,38+;37-,42+,46?;;/m11../s1. The van der Waals surface area contributed by atoms with Crippen molar-refractivity contribution < 1.29 is 70.2 Å². The molecule has 0 saturated carbocycles. The van der Waals surface area contributed by atoms with Crippen molar-refractivity contribution in [1.82, 2.24) is 0 Å². The lowest BCUT2D eigenvalue weighted by molar-refractivity contribution is -0.117. The second-order valence-corrected chi connectivity index (χ2v) is 40.9. The molecule has 5 atom stereocenters. The molecule has 3 N–H and O–H groups in total. The Morgan fingerprint density at radius 3 is 1.34 bits per heavy atom. The van der Waals surface area contributed by atoms with E-state index in [1.165, 1.54) is 16.0 Å². The van der Waals surface area contributed by atoms with E-state index in [1.54, 1.807) is 60.1 Å². The molecule has 0 bridgehead atoms. The summed E-state index contributed by atoms with van der Waals surface area (Å²) in [5.41, 5.74) is 18.6. The number of hydrogen-bond donors (Lipinski definition) is 4. The smallest absolute Gasteiger partial charge is 0.270 e. The third-order valence-corrected chi connectivity index (χ3v) is 29.2. The summed E-state index contributed by atoms with van der Waals surface area (Å²) in [5.74, 6) is 2.28. The summed E-state index contributed by atoms with van der Waals surface area (Å²) in [4.78, 5) is 94.8. The van der Waals surface area contributed by atoms with E-state index < -0.39 is 21.4 Å². The van der Waals surface area contributed by atoms with Crippen LogP contribution < -0.4 is 58.7 Å². The van der Waals surface area contributed by atoms with Crippen LogP contribution in [0.3, 0.4) is 0 Å². The average Bonchev–Trinajstić information content (AvgIpc) is 1.59. The lowest BCUT2D eigenvalue weighted by Crippen LogP contribution is -2.47. The Hall–Kier alpha value is -11.6. The quantitative estimate of drug-likeness (QED) is 0.0235. The number of rotatable bonds is 25. The van der Waals surface area contributed by atoms with Crippen molar-refractivity contribution in [2.45, 2.75) is 205 Å². The second-order valence-electron chi connectivity index (χ2n) is 35.0. The molecule has 0 aromatic heterocycles. The number of para-hydroxylation sites is 4. The molecule has 0 aliphatic carbocycles. The highest BCUT2D eigenvalue weighted by Gasteiger charge is 2.48. The number of benzene rings is 10. The molecule has 8 heterocycles. The number of hydrogen-bond acceptors (Lipinski definition) is 18. The van der Waals surface area contributed by atoms with Crippen LogP contribution in [0.5, 0.6) is 34.5 Å². The molecule has 26 heteroatoms. The van der Waals surface area contributed by atoms with Gasteiger partial charge in [0.15, 0.2) is 23.0 Å². The molecule has 22 nitrogen and oxygen atoms in total. The monoisotopic (exact) mass is 1800 g/mol. The first-order valence-electron chi connectivity index (χ1n) is 42.7. The largest absolute Gasteiger partial charge is 0.493 e. The number of aryl methyl sites for hydroxylation is 4. The summed E-state index contributed by atoms with van der Waals surface area (Å²) in [6, 6.07) is 56.8. The predicted molar refractivity (Wildman–Crippen MR) is 513 cm³/mol. The number of methoxy groups -OCH3 is 2. The van der Waals surface area contributed by atoms with Crippen LogP contribution in [0, 0.1) is 13.8 Å². The molecule has 0 saturated heterocycles. The number of ether oxygens (including phenoxy) is 6. The zero-order valence-corrected chi connectivity index (χ0v) is 75.2. The van der Waals surface area contributed by atoms with Gasteiger partial charge in [0.25, 0.3) is 33.7 Å². The van der Waals surface area contributed by atoms with Crippen molar-refractivity contribution in [3.05, 3.63) is 277 Å². The van der Waals surface area contributed by atoms with Crippen molar-refractivity contribution in [1.29, 1.82) is 0 Å². The molecule has 18 rings (SSSR count). The van der Waals surface area contributed by atoms with Crippen LogP contribution in [0.15, 0.2) is 187 Å². The molecular weight excluding hydrogens is 1690 g/mol. The van der Waals surface area contributed by atoms with Gasteiger partial charge in [-0.3, -0.25) is 43.2 Å². The van der Waals surface area contributed by atoms with Crippen molar-refractivity contribution in [3.63, 3.8) is 0 Å². The van der Waals surface area contributed by atoms with Gasteiger partial charge in [-0.05, 0) is 274 Å². The minimum Gasteiger partial charge on any atom is -0.493 e. The highest BCUT2D eigenvalue weighted by atomic mass is 33.1. The van der Waals surface area contributed by atoms with Gasteiger partial charge in [0.1, 0.15) is 43.2 Å². The summed E-state index contributed by atoms with van der Waals surface area (Å²) in [6.07, 6.45) is 11.5. The number of fused-ring (bicyclic) bond motifs is 16. The van der Waals surface area contributed by atoms with E-state index in [0.717, 1.165) is 107 Å². The van der Waals surface area contributed by atoms with Gasteiger partial charge < -0.3 is 53.8 Å². The molecule has 0 spiro atoms. The van der Waals surface area contributed by atoms with E-state index in [4.69, 9.17) is 33.4 Å². The number of anilines is 6. The van der Waals surface area contributed by atoms with Crippen LogP contribution >= 0.6 is 34.2 Å². The lowest BCUT2D eigenvalue weighted by atomic mass is 9.97. The van der Waals surface area contributed by atoms with Gasteiger partial charge in [-0.1, -0.05) is 123 Å². The molecule has 1 unspecified atom stereocenters. The number of nitrogens with zero attached hydrogens (tertiary/aromatic N) is 5. The average molecular weight is 1800 g/mol. The third-order valence-electron chi connectivity index (χ3n) is 25.0. The highest BCUT2D eigenvalue weighted by molar-refractivity contribution is 8.76. The Morgan fingerprint density at radius 2 is 0.875 bits per heavy atom. The maximum absolute atomic E-state index is 14.2. The number of aliphatic imine (C=N–C) groups is 1. The van der Waals surface area contributed by atoms with Crippen molar-refractivity contribution in [2.24, 2.45) is 4.99 Å².